The molecule has 1 aromatic rings. The van der Waals surface area contributed by atoms with Crippen LogP contribution < -0.4 is 15.8 Å². The summed E-state index contributed by atoms with van der Waals surface area (Å²) < 4.78 is 23.0. The van der Waals surface area contributed by atoms with Crippen LogP contribution in [0.5, 0.6) is 0 Å². The summed E-state index contributed by atoms with van der Waals surface area (Å²) in [5.41, 5.74) is 0.901. The zero-order valence-electron chi connectivity index (χ0n) is 16.1. The lowest BCUT2D eigenvalue weighted by Crippen LogP contribution is -2.44. The predicted molar refractivity (Wildman–Crippen MR) is 108 cm³/mol. The number of sulfonamides is 1. The Balaban J connectivity index is 2.05. The molecule has 7 nitrogen and oxygen atoms in total. The molecule has 1 aromatic carbocycles. The SMILES string of the molecule is CCNC(=NCc1cccc(S(N)(=O)=O)c1)NCC1(CCO)CCCCC1. The van der Waals surface area contributed by atoms with Crippen molar-refractivity contribution in [3.63, 3.8) is 0 Å². The molecule has 1 aliphatic rings. The third-order valence-corrected chi connectivity index (χ3v) is 6.09. The van der Waals surface area contributed by atoms with Gasteiger partial charge < -0.3 is 15.7 Å². The molecule has 0 amide bonds. The quantitative estimate of drug-likeness (QED) is 0.394. The first-order chi connectivity index (χ1) is 12.9. The number of aliphatic hydroxyl groups excluding tert-OH is 1. The van der Waals surface area contributed by atoms with E-state index in [4.69, 9.17) is 5.14 Å². The van der Waals surface area contributed by atoms with Crippen LogP contribution in [0, 0.1) is 5.41 Å². The summed E-state index contributed by atoms with van der Waals surface area (Å²) in [6.45, 7) is 4.07. The number of nitrogens with one attached hydrogen (secondary N) is 2. The molecule has 0 heterocycles. The molecule has 1 saturated carbocycles. The second-order valence-corrected chi connectivity index (χ2v) is 8.84. The summed E-state index contributed by atoms with van der Waals surface area (Å²) in [5.74, 6) is 0.696. The Morgan fingerprint density at radius 1 is 1.26 bits per heavy atom. The van der Waals surface area contributed by atoms with Crippen LogP contribution in [0.25, 0.3) is 0 Å². The molecule has 1 aliphatic carbocycles. The Bertz CT molecular complexity index is 723. The van der Waals surface area contributed by atoms with Crippen LogP contribution in [0.4, 0.5) is 0 Å². The first-order valence-corrected chi connectivity index (χ1v) is 11.2. The highest BCUT2D eigenvalue weighted by molar-refractivity contribution is 7.89. The Kier molecular flexibility index (Phi) is 8.07. The number of nitrogens with zero attached hydrogens (tertiary/aromatic N) is 1. The highest BCUT2D eigenvalue weighted by atomic mass is 32.2. The van der Waals surface area contributed by atoms with E-state index in [1.165, 1.54) is 25.3 Å². The Morgan fingerprint density at radius 3 is 2.63 bits per heavy atom. The molecule has 5 N–H and O–H groups in total. The smallest absolute Gasteiger partial charge is 0.238 e. The zero-order chi connectivity index (χ0) is 19.8. The molecular formula is C19H32N4O3S. The van der Waals surface area contributed by atoms with Crippen LogP contribution in [0.3, 0.4) is 0 Å². The van der Waals surface area contributed by atoms with Gasteiger partial charge in [0.2, 0.25) is 10.0 Å². The van der Waals surface area contributed by atoms with E-state index in [0.29, 0.717) is 12.5 Å². The van der Waals surface area contributed by atoms with Crippen LogP contribution in [-0.4, -0.2) is 39.2 Å². The highest BCUT2D eigenvalue weighted by Crippen LogP contribution is 2.38. The van der Waals surface area contributed by atoms with E-state index in [0.717, 1.165) is 37.9 Å². The average molecular weight is 397 g/mol. The molecular weight excluding hydrogens is 364 g/mol. The molecule has 0 atom stereocenters. The maximum absolute atomic E-state index is 11.5. The fraction of sp³-hybridized carbons (Fsp3) is 0.632. The molecule has 27 heavy (non-hydrogen) atoms. The van der Waals surface area contributed by atoms with Crippen LogP contribution in [0.2, 0.25) is 0 Å². The zero-order valence-corrected chi connectivity index (χ0v) is 16.9. The number of rotatable bonds is 8. The van der Waals surface area contributed by atoms with Gasteiger partial charge in [0, 0.05) is 19.7 Å². The van der Waals surface area contributed by atoms with Gasteiger partial charge >= 0.3 is 0 Å². The number of hydrogen-bond donors (Lipinski definition) is 4. The standard InChI is InChI=1S/C19H32N4O3S/c1-2-21-18(23-15-19(11-12-24)9-4-3-5-10-19)22-14-16-7-6-8-17(13-16)27(20,25)26/h6-8,13,24H,2-5,9-12,14-15H2,1H3,(H2,20,25,26)(H2,21,22,23). The molecule has 0 aliphatic heterocycles. The maximum Gasteiger partial charge on any atom is 0.238 e. The molecule has 0 spiro atoms. The molecule has 152 valence electrons. The second kappa shape index (κ2) is 10.1. The summed E-state index contributed by atoms with van der Waals surface area (Å²) in [6.07, 6.45) is 6.72. The Labute approximate surface area is 162 Å². The number of guanidine groups is 1. The van der Waals surface area contributed by atoms with Crippen molar-refractivity contribution in [1.29, 1.82) is 0 Å². The summed E-state index contributed by atoms with van der Waals surface area (Å²) in [4.78, 5) is 4.67. The number of aliphatic imine (C=N–C) groups is 1. The van der Waals surface area contributed by atoms with Gasteiger partial charge in [0.05, 0.1) is 11.4 Å². The van der Waals surface area contributed by atoms with E-state index in [2.05, 4.69) is 15.6 Å². The van der Waals surface area contributed by atoms with Crippen molar-refractivity contribution < 1.29 is 13.5 Å². The lowest BCUT2D eigenvalue weighted by atomic mass is 9.72. The Morgan fingerprint density at radius 2 is 2.00 bits per heavy atom. The number of hydrogen-bond acceptors (Lipinski definition) is 4. The van der Waals surface area contributed by atoms with Gasteiger partial charge in [0.15, 0.2) is 5.96 Å². The maximum atomic E-state index is 11.5. The molecule has 2 rings (SSSR count). The molecule has 0 unspecified atom stereocenters. The fourth-order valence-electron chi connectivity index (χ4n) is 3.66. The van der Waals surface area contributed by atoms with Crippen molar-refractivity contribution in [2.45, 2.75) is 56.9 Å². The summed E-state index contributed by atoms with van der Waals surface area (Å²) in [6, 6.07) is 6.53. The predicted octanol–water partition coefficient (Wildman–Crippen LogP) is 1.72. The van der Waals surface area contributed by atoms with Gasteiger partial charge in [0.25, 0.3) is 0 Å². The van der Waals surface area contributed by atoms with Crippen LogP contribution in [0.1, 0.15) is 51.0 Å². The first kappa shape index (κ1) is 21.7. The topological polar surface area (TPSA) is 117 Å². The van der Waals surface area contributed by atoms with Crippen molar-refractivity contribution in [3.8, 4) is 0 Å². The third-order valence-electron chi connectivity index (χ3n) is 5.18. The lowest BCUT2D eigenvalue weighted by molar-refractivity contribution is 0.131. The molecule has 8 heteroatoms. The van der Waals surface area contributed by atoms with Crippen molar-refractivity contribution in [2.75, 3.05) is 19.7 Å². The van der Waals surface area contributed by atoms with Crippen LogP contribution in [0.15, 0.2) is 34.2 Å². The van der Waals surface area contributed by atoms with Crippen molar-refractivity contribution in [2.24, 2.45) is 15.5 Å². The van der Waals surface area contributed by atoms with Gasteiger partial charge in [-0.3, -0.25) is 0 Å². The number of benzene rings is 1. The molecule has 1 fully saturated rings. The van der Waals surface area contributed by atoms with Gasteiger partial charge in [-0.1, -0.05) is 31.4 Å². The molecule has 0 saturated heterocycles. The van der Waals surface area contributed by atoms with E-state index in [9.17, 15) is 13.5 Å². The molecule has 0 aromatic heterocycles. The monoisotopic (exact) mass is 396 g/mol. The number of aliphatic hydroxyl groups is 1. The Hall–Kier alpha value is -1.64. The summed E-state index contributed by atoms with van der Waals surface area (Å²) in [7, 11) is -3.72. The van der Waals surface area contributed by atoms with Gasteiger partial charge in [-0.2, -0.15) is 0 Å². The summed E-state index contributed by atoms with van der Waals surface area (Å²) >= 11 is 0. The van der Waals surface area contributed by atoms with Crippen LogP contribution in [-0.2, 0) is 16.6 Å². The van der Waals surface area contributed by atoms with Gasteiger partial charge in [-0.25, -0.2) is 18.5 Å². The van der Waals surface area contributed by atoms with E-state index in [-0.39, 0.29) is 16.9 Å². The normalized spacial score (nSPS) is 17.5. The third kappa shape index (κ3) is 6.79. The highest BCUT2D eigenvalue weighted by Gasteiger charge is 2.31. The molecule has 0 bridgehead atoms. The minimum Gasteiger partial charge on any atom is -0.396 e. The van der Waals surface area contributed by atoms with Crippen molar-refractivity contribution >= 4 is 16.0 Å². The fourth-order valence-corrected chi connectivity index (χ4v) is 4.24. The lowest BCUT2D eigenvalue weighted by Gasteiger charge is -2.37. The largest absolute Gasteiger partial charge is 0.396 e. The van der Waals surface area contributed by atoms with E-state index >= 15 is 0 Å². The number of primary sulfonamides is 1. The van der Waals surface area contributed by atoms with Crippen molar-refractivity contribution in [1.82, 2.24) is 10.6 Å². The second-order valence-electron chi connectivity index (χ2n) is 7.28. The average Bonchev–Trinajstić information content (AvgIpc) is 2.65. The van der Waals surface area contributed by atoms with Gasteiger partial charge in [-0.15, -0.1) is 0 Å². The van der Waals surface area contributed by atoms with Gasteiger partial charge in [0.1, 0.15) is 0 Å². The number of nitrogens with two attached hydrogens (primary N) is 1. The molecule has 0 radical (unpaired) electrons. The van der Waals surface area contributed by atoms with Gasteiger partial charge in [-0.05, 0) is 49.3 Å². The van der Waals surface area contributed by atoms with E-state index < -0.39 is 10.0 Å². The van der Waals surface area contributed by atoms with Crippen LogP contribution >= 0.6 is 0 Å². The minimum atomic E-state index is -3.72. The minimum absolute atomic E-state index is 0.0947. The van der Waals surface area contributed by atoms with E-state index in [1.54, 1.807) is 12.1 Å². The summed E-state index contributed by atoms with van der Waals surface area (Å²) in [5, 5.41) is 21.3. The van der Waals surface area contributed by atoms with E-state index in [1.807, 2.05) is 13.0 Å². The first-order valence-electron chi connectivity index (χ1n) is 9.63. The van der Waals surface area contributed by atoms with Crippen molar-refractivity contribution in [3.05, 3.63) is 29.8 Å².